The first kappa shape index (κ1) is 43.4. The van der Waals surface area contributed by atoms with Gasteiger partial charge >= 0.3 is 44.8 Å². The van der Waals surface area contributed by atoms with Gasteiger partial charge in [0.15, 0.2) is 0 Å². The number of hydrogen-bond donors (Lipinski definition) is 0. The fourth-order valence-electron chi connectivity index (χ4n) is 5.11. The topological polar surface area (TPSA) is 0 Å². The first-order valence-electron chi connectivity index (χ1n) is 15.9. The molecule has 0 nitrogen and oxygen atoms in total. The zero-order valence-electron chi connectivity index (χ0n) is 28.0. The van der Waals surface area contributed by atoms with Crippen LogP contribution in [-0.2, 0) is 70.0 Å². The molecule has 0 aliphatic rings. The second-order valence-electron chi connectivity index (χ2n) is 11.1. The molecule has 0 radical (unpaired) electrons. The summed E-state index contributed by atoms with van der Waals surface area (Å²) in [5.74, 6) is 5.60. The van der Waals surface area contributed by atoms with Crippen molar-refractivity contribution in [2.75, 3.05) is 12.3 Å². The zero-order valence-corrected chi connectivity index (χ0v) is 36.0. The third kappa shape index (κ3) is 15.2. The first-order valence-corrected chi connectivity index (χ1v) is 20.1. The SMILES string of the molecule is Cc1ccc(C#C[S-])cc1.Cc1ccc(C#C[S-])cc1.[Au+].[Au+].c1ccc([PH+](CC[PH+](c2ccccc2)c2ccccc2)c2ccccc2)cc1. The summed E-state index contributed by atoms with van der Waals surface area (Å²) in [5, 5.41) is 10.9. The van der Waals surface area contributed by atoms with Crippen molar-refractivity contribution in [2.24, 2.45) is 0 Å². The van der Waals surface area contributed by atoms with Gasteiger partial charge in [0, 0.05) is 11.1 Å². The van der Waals surface area contributed by atoms with Crippen molar-refractivity contribution in [3.8, 4) is 22.3 Å². The van der Waals surface area contributed by atoms with E-state index in [-0.39, 0.29) is 44.8 Å². The van der Waals surface area contributed by atoms with Crippen molar-refractivity contribution in [1.29, 1.82) is 0 Å². The van der Waals surface area contributed by atoms with E-state index < -0.39 is 15.8 Å². The van der Waals surface area contributed by atoms with E-state index in [0.29, 0.717) is 0 Å². The molecule has 0 bridgehead atoms. The minimum atomic E-state index is -0.783. The predicted octanol–water partition coefficient (Wildman–Crippen LogP) is 8.41. The molecule has 0 amide bonds. The molecular formula is C44H40Au2P2S2+2. The molecule has 6 heteroatoms. The minimum Gasteiger partial charge on any atom is -0.724 e. The Labute approximate surface area is 344 Å². The Morgan fingerprint density at radius 3 is 0.840 bits per heavy atom. The third-order valence-electron chi connectivity index (χ3n) is 7.61. The summed E-state index contributed by atoms with van der Waals surface area (Å²) in [6.07, 6.45) is 2.52. The summed E-state index contributed by atoms with van der Waals surface area (Å²) in [7, 11) is -1.57. The Bertz CT molecular complexity index is 1680. The normalized spacial score (nSPS) is 9.44. The van der Waals surface area contributed by atoms with Crippen molar-refractivity contribution in [3.63, 3.8) is 0 Å². The molecule has 258 valence electrons. The number of aryl methyl sites for hydroxylation is 2. The standard InChI is InChI=1S/C26H24P2.2C9H8S.2Au/c1-5-13-23(14-6-1)27(24-15-7-2-8-16-24)21-22-28(25-17-9-3-10-18-25)26-19-11-4-12-20-26;2*1-8-2-4-9(5-3-8)6-7-10;;/h1-20H,21-22H2;2*2-5,10H,1H3;;/q;;;2*+1. The van der Waals surface area contributed by atoms with Gasteiger partial charge in [0.25, 0.3) is 0 Å². The molecular weight excluding hydrogens is 1050 g/mol. The molecule has 6 aromatic carbocycles. The van der Waals surface area contributed by atoms with Crippen LogP contribution in [-0.4, -0.2) is 12.3 Å². The van der Waals surface area contributed by atoms with Crippen LogP contribution in [0.3, 0.4) is 0 Å². The Morgan fingerprint density at radius 1 is 0.380 bits per heavy atom. The van der Waals surface area contributed by atoms with Gasteiger partial charge in [-0.05, 0) is 86.6 Å². The molecule has 0 heterocycles. The van der Waals surface area contributed by atoms with Crippen molar-refractivity contribution in [2.45, 2.75) is 13.8 Å². The van der Waals surface area contributed by atoms with E-state index >= 15 is 0 Å². The summed E-state index contributed by atoms with van der Waals surface area (Å²) >= 11 is 9.01. The monoisotopic (exact) mass is 1090 g/mol. The van der Waals surface area contributed by atoms with Crippen LogP contribution in [0.25, 0.3) is 0 Å². The van der Waals surface area contributed by atoms with Gasteiger partial charge in [-0.3, -0.25) is 0 Å². The second kappa shape index (κ2) is 25.2. The van der Waals surface area contributed by atoms with Crippen molar-refractivity contribution in [1.82, 2.24) is 0 Å². The molecule has 0 atom stereocenters. The van der Waals surface area contributed by atoms with Crippen LogP contribution in [0, 0.1) is 36.2 Å². The fourth-order valence-corrected chi connectivity index (χ4v) is 11.5. The molecule has 0 N–H and O–H groups in total. The first-order chi connectivity index (χ1) is 23.6. The van der Waals surface area contributed by atoms with Crippen molar-refractivity contribution >= 4 is 62.3 Å². The molecule has 0 fully saturated rings. The van der Waals surface area contributed by atoms with Crippen LogP contribution in [0.5, 0.6) is 0 Å². The van der Waals surface area contributed by atoms with Crippen LogP contribution in [0.2, 0.25) is 0 Å². The maximum atomic E-state index is 4.51. The summed E-state index contributed by atoms with van der Waals surface area (Å²) < 4.78 is 0. The van der Waals surface area contributed by atoms with E-state index in [1.54, 1.807) is 0 Å². The molecule has 0 saturated heterocycles. The third-order valence-corrected chi connectivity index (χ3v) is 13.9. The van der Waals surface area contributed by atoms with E-state index in [1.165, 1.54) is 44.7 Å². The average molecular weight is 1090 g/mol. The van der Waals surface area contributed by atoms with E-state index in [9.17, 15) is 0 Å². The predicted molar refractivity (Wildman–Crippen MR) is 222 cm³/mol. The van der Waals surface area contributed by atoms with E-state index in [2.05, 4.69) is 169 Å². The average Bonchev–Trinajstić information content (AvgIpc) is 3.14. The molecule has 0 saturated carbocycles. The minimum absolute atomic E-state index is 0. The molecule has 0 spiro atoms. The van der Waals surface area contributed by atoms with Gasteiger partial charge in [-0.15, -0.1) is 0 Å². The van der Waals surface area contributed by atoms with Gasteiger partial charge in [-0.2, -0.15) is 0 Å². The molecule has 0 aromatic heterocycles. The van der Waals surface area contributed by atoms with E-state index in [0.717, 1.165) is 11.1 Å². The van der Waals surface area contributed by atoms with Gasteiger partial charge in [-0.25, -0.2) is 10.5 Å². The van der Waals surface area contributed by atoms with Gasteiger partial charge in [0.1, 0.15) is 12.3 Å². The number of benzene rings is 6. The molecule has 6 rings (SSSR count). The Kier molecular flexibility index (Phi) is 21.9. The zero-order chi connectivity index (χ0) is 33.8. The molecule has 6 aromatic rings. The van der Waals surface area contributed by atoms with Crippen LogP contribution in [0.4, 0.5) is 0 Å². The van der Waals surface area contributed by atoms with Crippen molar-refractivity contribution in [3.05, 3.63) is 192 Å². The summed E-state index contributed by atoms with van der Waals surface area (Å²) in [6.45, 7) is 4.09. The van der Waals surface area contributed by atoms with Gasteiger partial charge in [0.2, 0.25) is 0 Å². The maximum absolute atomic E-state index is 4.51. The number of rotatable bonds is 7. The smallest absolute Gasteiger partial charge is 0.724 e. The van der Waals surface area contributed by atoms with Crippen LogP contribution in [0.15, 0.2) is 170 Å². The van der Waals surface area contributed by atoms with Gasteiger partial charge in [0.05, 0.1) is 37.1 Å². The molecule has 0 aliphatic carbocycles. The summed E-state index contributed by atoms with van der Waals surface area (Å²) in [4.78, 5) is 0. The van der Waals surface area contributed by atoms with Crippen molar-refractivity contribution < 1.29 is 44.8 Å². The van der Waals surface area contributed by atoms with Crippen LogP contribution >= 0.6 is 15.8 Å². The van der Waals surface area contributed by atoms with Crippen LogP contribution in [0.1, 0.15) is 22.3 Å². The second-order valence-corrected chi connectivity index (χ2v) is 16.7. The van der Waals surface area contributed by atoms with E-state index in [1.807, 2.05) is 62.4 Å². The Morgan fingerprint density at radius 2 is 0.620 bits per heavy atom. The summed E-state index contributed by atoms with van der Waals surface area (Å²) in [5.41, 5.74) is 4.46. The maximum Gasteiger partial charge on any atom is 1.00 e. The molecule has 0 aliphatic heterocycles. The van der Waals surface area contributed by atoms with Gasteiger partial charge in [-0.1, -0.05) is 120 Å². The van der Waals surface area contributed by atoms with E-state index in [4.69, 9.17) is 0 Å². The number of hydrogen-bond acceptors (Lipinski definition) is 2. The Hall–Kier alpha value is -2.78. The molecule has 50 heavy (non-hydrogen) atoms. The Balaban J connectivity index is 0.000000325. The summed E-state index contributed by atoms with van der Waals surface area (Å²) in [6, 6.07) is 60.5. The quantitative estimate of drug-likeness (QED) is 0.0683. The van der Waals surface area contributed by atoms with Gasteiger partial charge < -0.3 is 25.3 Å². The van der Waals surface area contributed by atoms with Crippen LogP contribution < -0.4 is 21.2 Å². The fraction of sp³-hybridized carbons (Fsp3) is 0.0909. The molecule has 0 unspecified atom stereocenters. The largest absolute Gasteiger partial charge is 1.00 e.